The molecule has 1 rings (SSSR count). The topological polar surface area (TPSA) is 68.0 Å². The summed E-state index contributed by atoms with van der Waals surface area (Å²) in [5, 5.41) is 2.89. The molecule has 16 heavy (non-hydrogen) atoms. The number of carbonyl (C=O) groups is 1. The van der Waals surface area contributed by atoms with Gasteiger partial charge < -0.3 is 11.1 Å². The predicted molar refractivity (Wildman–Crippen MR) is 66.0 cm³/mol. The zero-order valence-electron chi connectivity index (χ0n) is 9.77. The number of nitrogens with one attached hydrogen (secondary N) is 1. The van der Waals surface area contributed by atoms with Crippen molar-refractivity contribution in [3.8, 4) is 0 Å². The lowest BCUT2D eigenvalue weighted by molar-refractivity contribution is -0.125. The van der Waals surface area contributed by atoms with E-state index in [0.717, 1.165) is 11.3 Å². The first-order valence-electron chi connectivity index (χ1n) is 5.48. The smallest absolute Gasteiger partial charge is 0.224 e. The molecule has 90 valence electrons. The molecule has 0 saturated heterocycles. The molecule has 0 aliphatic carbocycles. The number of aromatic nitrogens is 1. The highest BCUT2D eigenvalue weighted by atomic mass is 32.1. The van der Waals surface area contributed by atoms with Gasteiger partial charge in [-0.05, 0) is 12.3 Å². The van der Waals surface area contributed by atoms with Crippen molar-refractivity contribution < 1.29 is 4.79 Å². The summed E-state index contributed by atoms with van der Waals surface area (Å²) in [5.41, 5.74) is 7.36. The van der Waals surface area contributed by atoms with Crippen LogP contribution >= 0.6 is 11.3 Å². The van der Waals surface area contributed by atoms with Crippen LogP contribution in [-0.4, -0.2) is 17.4 Å². The van der Waals surface area contributed by atoms with Gasteiger partial charge in [-0.1, -0.05) is 13.8 Å². The number of amides is 1. The van der Waals surface area contributed by atoms with Gasteiger partial charge in [0.1, 0.15) is 0 Å². The first-order valence-corrected chi connectivity index (χ1v) is 6.36. The minimum Gasteiger partial charge on any atom is -0.351 e. The summed E-state index contributed by atoms with van der Waals surface area (Å²) >= 11 is 1.54. The molecule has 0 fully saturated rings. The van der Waals surface area contributed by atoms with E-state index in [2.05, 4.69) is 24.1 Å². The number of carbonyl (C=O) groups excluding carboxylic acids is 1. The maximum Gasteiger partial charge on any atom is 0.224 e. The van der Waals surface area contributed by atoms with E-state index in [0.29, 0.717) is 19.0 Å². The van der Waals surface area contributed by atoms with Crippen molar-refractivity contribution in [3.05, 3.63) is 16.6 Å². The van der Waals surface area contributed by atoms with Crippen LogP contribution in [0.3, 0.4) is 0 Å². The number of hydrogen-bond donors (Lipinski definition) is 2. The van der Waals surface area contributed by atoms with Crippen LogP contribution in [0.25, 0.3) is 0 Å². The molecule has 1 atom stereocenters. The van der Waals surface area contributed by atoms with Gasteiger partial charge in [-0.25, -0.2) is 0 Å². The second kappa shape index (κ2) is 6.60. The monoisotopic (exact) mass is 241 g/mol. The summed E-state index contributed by atoms with van der Waals surface area (Å²) in [6.07, 6.45) is 2.61. The van der Waals surface area contributed by atoms with Gasteiger partial charge in [0.2, 0.25) is 5.91 Å². The number of nitrogens with two attached hydrogens (primary N) is 1. The summed E-state index contributed by atoms with van der Waals surface area (Å²) in [6, 6.07) is 0. The fourth-order valence-corrected chi connectivity index (χ4v) is 2.06. The Morgan fingerprint density at radius 1 is 1.62 bits per heavy atom. The van der Waals surface area contributed by atoms with Crippen molar-refractivity contribution in [1.82, 2.24) is 10.3 Å². The summed E-state index contributed by atoms with van der Waals surface area (Å²) in [4.78, 5) is 16.8. The molecule has 0 aromatic carbocycles. The van der Waals surface area contributed by atoms with Crippen LogP contribution in [0.5, 0.6) is 0 Å². The fourth-order valence-electron chi connectivity index (χ4n) is 1.53. The van der Waals surface area contributed by atoms with E-state index in [-0.39, 0.29) is 11.8 Å². The Bertz CT molecular complexity index is 311. The third-order valence-electron chi connectivity index (χ3n) is 2.33. The zero-order chi connectivity index (χ0) is 12.0. The van der Waals surface area contributed by atoms with Crippen LogP contribution in [0.15, 0.2) is 11.7 Å². The third-order valence-corrected chi connectivity index (χ3v) is 3.11. The maximum atomic E-state index is 11.8. The quantitative estimate of drug-likeness (QED) is 0.790. The van der Waals surface area contributed by atoms with Gasteiger partial charge in [-0.2, -0.15) is 0 Å². The molecule has 0 saturated carbocycles. The van der Waals surface area contributed by atoms with Crippen molar-refractivity contribution in [2.24, 2.45) is 17.6 Å². The zero-order valence-corrected chi connectivity index (χ0v) is 10.6. The highest BCUT2D eigenvalue weighted by molar-refractivity contribution is 7.09. The Balaban J connectivity index is 2.37. The van der Waals surface area contributed by atoms with E-state index in [1.54, 1.807) is 23.0 Å². The molecule has 4 nitrogen and oxygen atoms in total. The van der Waals surface area contributed by atoms with Crippen molar-refractivity contribution in [2.45, 2.75) is 26.8 Å². The Kier molecular flexibility index (Phi) is 5.42. The molecule has 1 heterocycles. The van der Waals surface area contributed by atoms with Crippen molar-refractivity contribution >= 4 is 17.2 Å². The molecule has 0 aliphatic rings. The van der Waals surface area contributed by atoms with Gasteiger partial charge in [0, 0.05) is 17.6 Å². The Labute approximate surface area is 100 Å². The van der Waals surface area contributed by atoms with Crippen molar-refractivity contribution in [2.75, 3.05) is 6.54 Å². The summed E-state index contributed by atoms with van der Waals surface area (Å²) < 4.78 is 0. The molecule has 1 aromatic rings. The first-order chi connectivity index (χ1) is 7.63. The van der Waals surface area contributed by atoms with E-state index in [4.69, 9.17) is 5.73 Å². The summed E-state index contributed by atoms with van der Waals surface area (Å²) in [6.45, 7) is 5.16. The fraction of sp³-hybridized carbons (Fsp3) is 0.636. The van der Waals surface area contributed by atoms with Gasteiger partial charge >= 0.3 is 0 Å². The minimum atomic E-state index is -0.0760. The number of hydrogen-bond acceptors (Lipinski definition) is 4. The SMILES string of the molecule is CC(C)CC(CN)C(=O)NCc1cncs1. The van der Waals surface area contributed by atoms with Crippen LogP contribution in [0, 0.1) is 11.8 Å². The largest absolute Gasteiger partial charge is 0.351 e. The van der Waals surface area contributed by atoms with Gasteiger partial charge in [-0.15, -0.1) is 11.3 Å². The van der Waals surface area contributed by atoms with Gasteiger partial charge in [0.05, 0.1) is 18.0 Å². The normalized spacial score (nSPS) is 12.8. The third kappa shape index (κ3) is 4.28. The molecule has 5 heteroatoms. The van der Waals surface area contributed by atoms with E-state index >= 15 is 0 Å². The Morgan fingerprint density at radius 3 is 2.88 bits per heavy atom. The van der Waals surface area contributed by atoms with E-state index < -0.39 is 0 Å². The molecule has 0 aliphatic heterocycles. The average Bonchev–Trinajstić information content (AvgIpc) is 2.75. The van der Waals surface area contributed by atoms with Crippen LogP contribution in [-0.2, 0) is 11.3 Å². The number of rotatable bonds is 6. The minimum absolute atomic E-state index is 0.0459. The molecular weight excluding hydrogens is 222 g/mol. The second-order valence-electron chi connectivity index (χ2n) is 4.25. The second-order valence-corrected chi connectivity index (χ2v) is 5.22. The van der Waals surface area contributed by atoms with Crippen molar-refractivity contribution in [1.29, 1.82) is 0 Å². The molecule has 0 radical (unpaired) electrons. The van der Waals surface area contributed by atoms with Gasteiger partial charge in [0.15, 0.2) is 0 Å². The van der Waals surface area contributed by atoms with E-state index in [1.165, 1.54) is 0 Å². The Morgan fingerprint density at radius 2 is 2.38 bits per heavy atom. The molecule has 1 aromatic heterocycles. The summed E-state index contributed by atoms with van der Waals surface area (Å²) in [7, 11) is 0. The molecule has 1 amide bonds. The lowest BCUT2D eigenvalue weighted by Gasteiger charge is -2.16. The lowest BCUT2D eigenvalue weighted by Crippen LogP contribution is -2.35. The Hall–Kier alpha value is -0.940. The number of nitrogens with zero attached hydrogens (tertiary/aromatic N) is 1. The highest BCUT2D eigenvalue weighted by Crippen LogP contribution is 2.11. The average molecular weight is 241 g/mol. The molecule has 3 N–H and O–H groups in total. The molecule has 0 spiro atoms. The lowest BCUT2D eigenvalue weighted by atomic mass is 9.96. The standard InChI is InChI=1S/C11H19N3OS/c1-8(2)3-9(4-12)11(15)14-6-10-5-13-7-16-10/h5,7-9H,3-4,6,12H2,1-2H3,(H,14,15). The highest BCUT2D eigenvalue weighted by Gasteiger charge is 2.17. The van der Waals surface area contributed by atoms with E-state index in [1.807, 2.05) is 0 Å². The van der Waals surface area contributed by atoms with Crippen LogP contribution in [0.2, 0.25) is 0 Å². The van der Waals surface area contributed by atoms with Crippen LogP contribution in [0.4, 0.5) is 0 Å². The van der Waals surface area contributed by atoms with Crippen LogP contribution < -0.4 is 11.1 Å². The van der Waals surface area contributed by atoms with Crippen molar-refractivity contribution in [3.63, 3.8) is 0 Å². The van der Waals surface area contributed by atoms with Crippen LogP contribution in [0.1, 0.15) is 25.1 Å². The predicted octanol–water partition coefficient (Wildman–Crippen LogP) is 1.38. The number of thiazole rings is 1. The maximum absolute atomic E-state index is 11.8. The summed E-state index contributed by atoms with van der Waals surface area (Å²) in [5.74, 6) is 0.459. The van der Waals surface area contributed by atoms with E-state index in [9.17, 15) is 4.79 Å². The molecular formula is C11H19N3OS. The van der Waals surface area contributed by atoms with Gasteiger partial charge in [-0.3, -0.25) is 9.78 Å². The molecule has 0 bridgehead atoms. The molecule has 1 unspecified atom stereocenters. The first kappa shape index (κ1) is 13.1. The van der Waals surface area contributed by atoms with Gasteiger partial charge in [0.25, 0.3) is 0 Å².